The van der Waals surface area contributed by atoms with Gasteiger partial charge in [-0.1, -0.05) is 31.0 Å². The van der Waals surface area contributed by atoms with Crippen LogP contribution in [0.25, 0.3) is 32.9 Å². The van der Waals surface area contributed by atoms with E-state index >= 15 is 4.39 Å². The van der Waals surface area contributed by atoms with Gasteiger partial charge in [-0.05, 0) is 88.0 Å². The number of phenolic OH excluding ortho intramolecular Hbond substituents is 1. The number of halogens is 2. The van der Waals surface area contributed by atoms with Crippen LogP contribution in [0.5, 0.6) is 11.8 Å². The number of anilines is 2. The molecule has 0 radical (unpaired) electrons. The molecule has 5 aromatic rings. The van der Waals surface area contributed by atoms with E-state index in [4.69, 9.17) is 20.7 Å². The number of ether oxygens (including phenoxy) is 1. The lowest BCUT2D eigenvalue weighted by Gasteiger charge is -2.54. The van der Waals surface area contributed by atoms with Gasteiger partial charge in [0, 0.05) is 86.0 Å². The number of nitrogens with zero attached hydrogens (tertiary/aromatic N) is 8. The molecule has 1 spiro atoms. The van der Waals surface area contributed by atoms with E-state index in [1.54, 1.807) is 6.20 Å². The number of terminal acetylenes is 1. The monoisotopic (exact) mass is 845 g/mol. The third-order valence-corrected chi connectivity index (χ3v) is 14.1. The maximum absolute atomic E-state index is 17.0. The average Bonchev–Trinajstić information content (AvgIpc) is 3.99. The summed E-state index contributed by atoms with van der Waals surface area (Å²) >= 11 is 0. The molecule has 15 heteroatoms. The van der Waals surface area contributed by atoms with Gasteiger partial charge in [0.25, 0.3) is 0 Å². The number of likely N-dealkylation sites (tertiary alicyclic amines) is 2. The van der Waals surface area contributed by atoms with Crippen molar-refractivity contribution in [3.63, 3.8) is 0 Å². The highest BCUT2D eigenvalue weighted by Crippen LogP contribution is 2.44. The molecule has 13 nitrogen and oxygen atoms in total. The first-order chi connectivity index (χ1) is 30.0. The van der Waals surface area contributed by atoms with E-state index in [1.165, 1.54) is 24.3 Å². The van der Waals surface area contributed by atoms with Gasteiger partial charge in [0.1, 0.15) is 41.1 Å². The molecule has 8 heterocycles. The summed E-state index contributed by atoms with van der Waals surface area (Å²) in [6.07, 6.45) is 13.5. The number of hydrogen-bond acceptors (Lipinski definition) is 12. The molecule has 4 atom stereocenters. The number of nitrogens with one attached hydrogen (secondary N) is 1. The number of piperazine rings is 1. The Morgan fingerprint density at radius 3 is 2.55 bits per heavy atom. The lowest BCUT2D eigenvalue weighted by Crippen LogP contribution is -2.60. The second-order valence-corrected chi connectivity index (χ2v) is 18.6. The van der Waals surface area contributed by atoms with Gasteiger partial charge in [-0.2, -0.15) is 9.97 Å². The molecule has 0 saturated carbocycles. The van der Waals surface area contributed by atoms with Crippen molar-refractivity contribution < 1.29 is 27.9 Å². The fraction of sp³-hybridized carbons (Fsp3) is 0.511. The third kappa shape index (κ3) is 7.24. The Morgan fingerprint density at radius 2 is 1.84 bits per heavy atom. The zero-order valence-corrected chi connectivity index (χ0v) is 35.5. The number of pyridine rings is 1. The van der Waals surface area contributed by atoms with Gasteiger partial charge in [0.2, 0.25) is 5.91 Å². The number of fused-ring (bicyclic) bond motifs is 4. The van der Waals surface area contributed by atoms with Crippen LogP contribution < -0.4 is 19.9 Å². The molecule has 5 fully saturated rings. The number of carbonyl (C=O) groups excluding carboxylic acids is 1. The smallest absolute Gasteiger partial charge is 0.319 e. The van der Waals surface area contributed by atoms with Crippen LogP contribution in [-0.2, 0) is 4.79 Å². The highest BCUT2D eigenvalue weighted by molar-refractivity contribution is 6.03. The molecule has 5 aliphatic rings. The Balaban J connectivity index is 0.829. The number of aromatic hydroxyl groups is 1. The summed E-state index contributed by atoms with van der Waals surface area (Å²) < 4.78 is 44.0. The predicted octanol–water partition coefficient (Wildman–Crippen LogP) is 6.47. The van der Waals surface area contributed by atoms with Crippen molar-refractivity contribution in [2.24, 2.45) is 11.3 Å². The number of benzene rings is 2. The van der Waals surface area contributed by atoms with Gasteiger partial charge in [-0.15, -0.1) is 6.42 Å². The molecule has 2 N–H and O–H groups in total. The van der Waals surface area contributed by atoms with Gasteiger partial charge in [0.05, 0.1) is 10.9 Å². The fourth-order valence-electron chi connectivity index (χ4n) is 10.7. The molecule has 324 valence electrons. The summed E-state index contributed by atoms with van der Waals surface area (Å²) in [6.45, 7) is 13.1. The fourth-order valence-corrected chi connectivity index (χ4v) is 10.7. The Morgan fingerprint density at radius 1 is 1.06 bits per heavy atom. The number of carbonyl (C=O) groups is 1. The summed E-state index contributed by atoms with van der Waals surface area (Å²) in [5, 5.41) is 19.9. The van der Waals surface area contributed by atoms with E-state index in [9.17, 15) is 14.3 Å². The SMILES string of the molecule is C#Cc1c(F)ccc2cc(O)cc(-c3ncc4c(N5CC6CCC(C5)N6)nc(OCCN5CCC6(CC5)CN(c5cc(C(C(=O)N7CCCC7C)C(C)C)on5)C6)nc4c3F)c12. The maximum atomic E-state index is 17.0. The summed E-state index contributed by atoms with van der Waals surface area (Å²) in [7, 11) is 0. The van der Waals surface area contributed by atoms with Crippen molar-refractivity contribution in [2.45, 2.75) is 83.3 Å². The zero-order chi connectivity index (χ0) is 42.9. The van der Waals surface area contributed by atoms with Crippen molar-refractivity contribution in [2.75, 3.05) is 68.8 Å². The van der Waals surface area contributed by atoms with E-state index < -0.39 is 11.6 Å². The molecule has 4 unspecified atom stereocenters. The molecule has 10 rings (SSSR count). The van der Waals surface area contributed by atoms with Crippen LogP contribution in [0.2, 0.25) is 0 Å². The van der Waals surface area contributed by atoms with Gasteiger partial charge in [0.15, 0.2) is 17.4 Å². The standard InChI is InChI=1S/C47H53F2N9O4/c1-5-33-36(48)11-8-29-19-32(59)20-34(40(29)33)42-41(49)43-35(22-50-42)44(56-23-30-9-10-31(24-56)51-30)53-46(52-43)61-18-17-55-15-12-47(13-16-55)25-57(26-47)38-21-37(62-54-38)39(27(2)3)45(60)58-14-6-7-28(58)4/h1,8,11,19-22,27-28,30-31,39,51,59H,6-7,9-10,12-18,23-26H2,2-4H3. The van der Waals surface area contributed by atoms with Crippen LogP contribution in [0, 0.1) is 35.3 Å². The second-order valence-electron chi connectivity index (χ2n) is 18.6. The van der Waals surface area contributed by atoms with Crippen LogP contribution in [0.1, 0.15) is 76.5 Å². The lowest BCUT2D eigenvalue weighted by atomic mass is 9.72. The molecule has 0 aliphatic carbocycles. The molecule has 3 aromatic heterocycles. The van der Waals surface area contributed by atoms with Gasteiger partial charge in [-0.25, -0.2) is 8.78 Å². The lowest BCUT2D eigenvalue weighted by molar-refractivity contribution is -0.134. The minimum atomic E-state index is -0.740. The largest absolute Gasteiger partial charge is 0.508 e. The van der Waals surface area contributed by atoms with Crippen molar-refractivity contribution >= 4 is 39.2 Å². The Bertz CT molecular complexity index is 2570. The van der Waals surface area contributed by atoms with E-state index in [-0.39, 0.29) is 68.7 Å². The minimum absolute atomic E-state index is 0.0252. The third-order valence-electron chi connectivity index (χ3n) is 14.1. The maximum Gasteiger partial charge on any atom is 0.319 e. The number of phenols is 1. The Labute approximate surface area is 359 Å². The number of hydrogen-bond donors (Lipinski definition) is 2. The first-order valence-electron chi connectivity index (χ1n) is 22.1. The van der Waals surface area contributed by atoms with Crippen LogP contribution in [0.15, 0.2) is 41.1 Å². The molecule has 62 heavy (non-hydrogen) atoms. The second kappa shape index (κ2) is 16.0. The molecule has 5 aliphatic heterocycles. The molecule has 1 amide bonds. The zero-order valence-electron chi connectivity index (χ0n) is 35.5. The van der Waals surface area contributed by atoms with Crippen molar-refractivity contribution in [3.8, 4) is 35.4 Å². The van der Waals surface area contributed by atoms with Gasteiger partial charge >= 0.3 is 6.01 Å². The summed E-state index contributed by atoms with van der Waals surface area (Å²) in [5.74, 6) is 2.81. The van der Waals surface area contributed by atoms with Crippen LogP contribution in [0.3, 0.4) is 0 Å². The van der Waals surface area contributed by atoms with Crippen molar-refractivity contribution in [1.82, 2.24) is 35.2 Å². The summed E-state index contributed by atoms with van der Waals surface area (Å²) in [5.41, 5.74) is 0.236. The van der Waals surface area contributed by atoms with Gasteiger partial charge < -0.3 is 34.4 Å². The summed E-state index contributed by atoms with van der Waals surface area (Å²) in [6, 6.07) is 8.44. The highest BCUT2D eigenvalue weighted by Gasteiger charge is 2.46. The number of piperidine rings is 1. The topological polar surface area (TPSA) is 136 Å². The van der Waals surface area contributed by atoms with E-state index in [0.29, 0.717) is 60.7 Å². The predicted molar refractivity (Wildman–Crippen MR) is 232 cm³/mol. The molecule has 2 bridgehead atoms. The minimum Gasteiger partial charge on any atom is -0.508 e. The highest BCUT2D eigenvalue weighted by atomic mass is 19.1. The summed E-state index contributed by atoms with van der Waals surface area (Å²) in [4.78, 5) is 36.4. The van der Waals surface area contributed by atoms with Crippen molar-refractivity contribution in [1.29, 1.82) is 0 Å². The van der Waals surface area contributed by atoms with Crippen molar-refractivity contribution in [3.05, 3.63) is 59.5 Å². The Hall–Kier alpha value is -5.59. The number of amides is 1. The normalized spacial score (nSPS) is 22.8. The average molecular weight is 846 g/mol. The molecule has 5 saturated heterocycles. The number of rotatable bonds is 10. The van der Waals surface area contributed by atoms with Crippen LogP contribution in [0.4, 0.5) is 20.4 Å². The van der Waals surface area contributed by atoms with E-state index in [1.807, 2.05) is 11.0 Å². The Kier molecular flexibility index (Phi) is 10.4. The van der Waals surface area contributed by atoms with Crippen LogP contribution >= 0.6 is 0 Å². The number of aromatic nitrogens is 4. The first-order valence-corrected chi connectivity index (χ1v) is 22.1. The first kappa shape index (κ1) is 40.5. The van der Waals surface area contributed by atoms with Crippen LogP contribution in [-0.4, -0.2) is 118 Å². The van der Waals surface area contributed by atoms with E-state index in [0.717, 1.165) is 77.1 Å². The molecular weight excluding hydrogens is 793 g/mol. The molecule has 2 aromatic carbocycles. The van der Waals surface area contributed by atoms with E-state index in [2.05, 4.69) is 61.8 Å². The molecular formula is C47H53F2N9O4. The van der Waals surface area contributed by atoms with Gasteiger partial charge in [-0.3, -0.25) is 14.7 Å². The quantitative estimate of drug-likeness (QED) is 0.149.